The van der Waals surface area contributed by atoms with Crippen LogP contribution in [0.3, 0.4) is 0 Å². The highest BCUT2D eigenvalue weighted by Crippen LogP contribution is 2.31. The Kier molecular flexibility index (Phi) is 6.22. The number of anilines is 1. The molecule has 3 N–H and O–H groups in total. The fraction of sp³-hybridized carbons (Fsp3) is 0.429. The Morgan fingerprint density at radius 1 is 1.29 bits per heavy atom. The Morgan fingerprint density at radius 2 is 1.90 bits per heavy atom. The van der Waals surface area contributed by atoms with Gasteiger partial charge in [-0.15, -0.1) is 0 Å². The Balaban J connectivity index is 2.88. The third-order valence-electron chi connectivity index (χ3n) is 3.21. The first-order valence-electron chi connectivity index (χ1n) is 6.43. The monoisotopic (exact) mass is 420 g/mol. The zero-order chi connectivity index (χ0) is 16.2. The molecule has 0 atom stereocenters. The summed E-state index contributed by atoms with van der Waals surface area (Å²) in [5, 5.41) is 14.6. The summed E-state index contributed by atoms with van der Waals surface area (Å²) in [5.74, 6) is -1.11. The van der Waals surface area contributed by atoms with Gasteiger partial charge in [0.25, 0.3) is 0 Å². The molecule has 0 unspecified atom stereocenters. The predicted octanol–water partition coefficient (Wildman–Crippen LogP) is 4.47. The third kappa shape index (κ3) is 5.32. The van der Waals surface area contributed by atoms with Crippen LogP contribution in [0.25, 0.3) is 0 Å². The standard InChI is InChI=1S/C14H18Br2N2O3/c1-4-14(2,3)7-17-13(21)18-11-9(12(19)20)5-8(15)6-10(11)16/h5-6H,4,7H2,1-3H3,(H,19,20)(H2,17,18,21). The maximum absolute atomic E-state index is 11.9. The molecule has 0 spiro atoms. The van der Waals surface area contributed by atoms with Crippen LogP contribution in [0.4, 0.5) is 10.5 Å². The van der Waals surface area contributed by atoms with Crippen LogP contribution in [0.5, 0.6) is 0 Å². The molecule has 116 valence electrons. The molecular weight excluding hydrogens is 404 g/mol. The lowest BCUT2D eigenvalue weighted by Gasteiger charge is -2.23. The first-order valence-corrected chi connectivity index (χ1v) is 8.02. The van der Waals surface area contributed by atoms with Crippen molar-refractivity contribution in [1.82, 2.24) is 5.32 Å². The number of benzene rings is 1. The van der Waals surface area contributed by atoms with Crippen LogP contribution in [0.1, 0.15) is 37.6 Å². The van der Waals surface area contributed by atoms with Crippen LogP contribution < -0.4 is 10.6 Å². The first kappa shape index (κ1) is 18.0. The van der Waals surface area contributed by atoms with Gasteiger partial charge < -0.3 is 15.7 Å². The quantitative estimate of drug-likeness (QED) is 0.656. The molecule has 7 heteroatoms. The molecule has 2 amide bonds. The van der Waals surface area contributed by atoms with E-state index in [2.05, 4.69) is 42.5 Å². The molecule has 0 aliphatic heterocycles. The van der Waals surface area contributed by atoms with E-state index in [1.807, 2.05) is 20.8 Å². The lowest BCUT2D eigenvalue weighted by molar-refractivity contribution is 0.0698. The lowest BCUT2D eigenvalue weighted by atomic mass is 9.90. The van der Waals surface area contributed by atoms with Gasteiger partial charge in [-0.1, -0.05) is 36.7 Å². The van der Waals surface area contributed by atoms with Crippen LogP contribution in [0.15, 0.2) is 21.1 Å². The van der Waals surface area contributed by atoms with Crippen molar-refractivity contribution in [2.45, 2.75) is 27.2 Å². The second kappa shape index (κ2) is 7.26. The van der Waals surface area contributed by atoms with Crippen LogP contribution in [-0.2, 0) is 0 Å². The number of halogens is 2. The number of aromatic carboxylic acids is 1. The minimum Gasteiger partial charge on any atom is -0.478 e. The van der Waals surface area contributed by atoms with Gasteiger partial charge in [0, 0.05) is 15.5 Å². The molecule has 0 aliphatic carbocycles. The van der Waals surface area contributed by atoms with Crippen molar-refractivity contribution in [3.8, 4) is 0 Å². The van der Waals surface area contributed by atoms with E-state index in [0.717, 1.165) is 6.42 Å². The molecule has 21 heavy (non-hydrogen) atoms. The van der Waals surface area contributed by atoms with Crippen molar-refractivity contribution >= 4 is 49.5 Å². The van der Waals surface area contributed by atoms with Gasteiger partial charge in [0.2, 0.25) is 0 Å². The SMILES string of the molecule is CCC(C)(C)CNC(=O)Nc1c(Br)cc(Br)cc1C(=O)O. The van der Waals surface area contributed by atoms with Gasteiger partial charge in [-0.25, -0.2) is 9.59 Å². The van der Waals surface area contributed by atoms with Gasteiger partial charge in [-0.2, -0.15) is 0 Å². The number of hydrogen-bond acceptors (Lipinski definition) is 2. The number of urea groups is 1. The molecule has 1 rings (SSSR count). The molecule has 0 saturated carbocycles. The molecule has 0 fully saturated rings. The van der Waals surface area contributed by atoms with Crippen LogP contribution in [0.2, 0.25) is 0 Å². The number of nitrogens with one attached hydrogen (secondary N) is 2. The molecule has 0 aromatic heterocycles. The Morgan fingerprint density at radius 3 is 2.43 bits per heavy atom. The molecular formula is C14H18Br2N2O3. The summed E-state index contributed by atoms with van der Waals surface area (Å²) in [6.45, 7) is 6.65. The van der Waals surface area contributed by atoms with E-state index in [-0.39, 0.29) is 16.7 Å². The smallest absolute Gasteiger partial charge is 0.337 e. The van der Waals surface area contributed by atoms with Gasteiger partial charge in [-0.3, -0.25) is 0 Å². The molecule has 0 radical (unpaired) electrons. The van der Waals surface area contributed by atoms with Crippen molar-refractivity contribution in [3.63, 3.8) is 0 Å². The Labute approximate surface area is 140 Å². The van der Waals surface area contributed by atoms with Crippen molar-refractivity contribution in [2.24, 2.45) is 5.41 Å². The summed E-state index contributed by atoms with van der Waals surface area (Å²) in [7, 11) is 0. The van der Waals surface area contributed by atoms with Gasteiger partial charge in [0.05, 0.1) is 11.3 Å². The second-order valence-corrected chi connectivity index (χ2v) is 7.21. The second-order valence-electron chi connectivity index (χ2n) is 5.44. The summed E-state index contributed by atoms with van der Waals surface area (Å²) >= 11 is 6.49. The van der Waals surface area contributed by atoms with Crippen molar-refractivity contribution in [3.05, 3.63) is 26.6 Å². The highest BCUT2D eigenvalue weighted by Gasteiger charge is 2.19. The average Bonchev–Trinajstić information content (AvgIpc) is 2.39. The van der Waals surface area contributed by atoms with E-state index >= 15 is 0 Å². The molecule has 0 aliphatic rings. The maximum atomic E-state index is 11.9. The van der Waals surface area contributed by atoms with Crippen LogP contribution in [-0.4, -0.2) is 23.7 Å². The van der Waals surface area contributed by atoms with Crippen molar-refractivity contribution in [1.29, 1.82) is 0 Å². The van der Waals surface area contributed by atoms with E-state index in [0.29, 0.717) is 15.5 Å². The number of hydrogen-bond donors (Lipinski definition) is 3. The van der Waals surface area contributed by atoms with Crippen LogP contribution >= 0.6 is 31.9 Å². The number of carbonyl (C=O) groups is 2. The largest absolute Gasteiger partial charge is 0.478 e. The zero-order valence-corrected chi connectivity index (χ0v) is 15.3. The van der Waals surface area contributed by atoms with Crippen LogP contribution in [0, 0.1) is 5.41 Å². The summed E-state index contributed by atoms with van der Waals surface area (Å²) in [4.78, 5) is 23.2. The van der Waals surface area contributed by atoms with Crippen molar-refractivity contribution in [2.75, 3.05) is 11.9 Å². The summed E-state index contributed by atoms with van der Waals surface area (Å²) < 4.78 is 1.11. The van der Waals surface area contributed by atoms with E-state index < -0.39 is 12.0 Å². The molecule has 0 heterocycles. The molecule has 1 aromatic carbocycles. The number of rotatable bonds is 5. The highest BCUT2D eigenvalue weighted by atomic mass is 79.9. The number of carbonyl (C=O) groups excluding carboxylic acids is 1. The Bertz CT molecular complexity index is 559. The van der Waals surface area contributed by atoms with E-state index in [4.69, 9.17) is 0 Å². The molecule has 5 nitrogen and oxygen atoms in total. The van der Waals surface area contributed by atoms with E-state index in [1.54, 1.807) is 6.07 Å². The van der Waals surface area contributed by atoms with Gasteiger partial charge in [-0.05, 0) is 39.9 Å². The minimum atomic E-state index is -1.11. The first-order chi connectivity index (χ1) is 9.66. The normalized spacial score (nSPS) is 11.1. The highest BCUT2D eigenvalue weighted by molar-refractivity contribution is 9.11. The zero-order valence-electron chi connectivity index (χ0n) is 12.1. The van der Waals surface area contributed by atoms with Gasteiger partial charge in [0.15, 0.2) is 0 Å². The van der Waals surface area contributed by atoms with E-state index in [1.165, 1.54) is 6.07 Å². The van der Waals surface area contributed by atoms with Gasteiger partial charge >= 0.3 is 12.0 Å². The minimum absolute atomic E-state index is 0.0100. The number of amides is 2. The Hall–Kier alpha value is -1.08. The average molecular weight is 422 g/mol. The summed E-state index contributed by atoms with van der Waals surface area (Å²) in [6, 6.07) is 2.69. The topological polar surface area (TPSA) is 78.4 Å². The summed E-state index contributed by atoms with van der Waals surface area (Å²) in [6.07, 6.45) is 0.926. The lowest BCUT2D eigenvalue weighted by Crippen LogP contribution is -2.36. The molecule has 0 saturated heterocycles. The molecule has 1 aromatic rings. The number of carboxylic acids is 1. The third-order valence-corrected chi connectivity index (χ3v) is 4.29. The van der Waals surface area contributed by atoms with Crippen molar-refractivity contribution < 1.29 is 14.7 Å². The fourth-order valence-corrected chi connectivity index (χ4v) is 2.80. The fourth-order valence-electron chi connectivity index (χ4n) is 1.47. The predicted molar refractivity (Wildman–Crippen MR) is 89.9 cm³/mol. The van der Waals surface area contributed by atoms with Gasteiger partial charge in [0.1, 0.15) is 0 Å². The molecule has 0 bridgehead atoms. The van der Waals surface area contributed by atoms with E-state index in [9.17, 15) is 14.7 Å². The maximum Gasteiger partial charge on any atom is 0.337 e. The summed E-state index contributed by atoms with van der Waals surface area (Å²) in [5.41, 5.74) is 0.239. The number of carboxylic acid groups (broad SMARTS) is 1.